The zero-order chi connectivity index (χ0) is 42.1. The van der Waals surface area contributed by atoms with Crippen molar-refractivity contribution in [2.45, 2.75) is 9.79 Å². The number of azo groups is 2. The summed E-state index contributed by atoms with van der Waals surface area (Å²) in [6, 6.07) is 18.0. The molecule has 6 rings (SSSR count). The molecule has 0 aliphatic carbocycles. The van der Waals surface area contributed by atoms with Crippen molar-refractivity contribution in [1.29, 1.82) is 0 Å². The number of rotatable bonds is 12. The summed E-state index contributed by atoms with van der Waals surface area (Å²) in [6.07, 6.45) is 0. The molecule has 0 atom stereocenters. The topological polar surface area (TPSA) is 347 Å². The molecule has 6 aromatic rings. The average Bonchev–Trinajstić information content (AvgIpc) is 3.16. The third-order valence-corrected chi connectivity index (χ3v) is 9.83. The highest BCUT2D eigenvalue weighted by Gasteiger charge is 2.24. The molecule has 0 spiro atoms. The van der Waals surface area contributed by atoms with E-state index in [1.807, 2.05) is 0 Å². The van der Waals surface area contributed by atoms with Gasteiger partial charge in [0.1, 0.15) is 21.2 Å². The average molecular weight is 830 g/mol. The van der Waals surface area contributed by atoms with E-state index in [1.54, 1.807) is 0 Å². The van der Waals surface area contributed by atoms with E-state index in [9.17, 15) is 60.8 Å². The SMILES string of the molecule is O=C(O)c1ccc(/N=N/c2c(S(=O)(=O)O)cc3cc(N/N=N/c4ccc5c(O)c(/N=N/c6ccc(C(=O)O)c(C(=O)O)c6)c(S(=O)(=O)O)cc5c4)ccc3c2O)cc1. The first-order valence-electron chi connectivity index (χ1n) is 15.8. The van der Waals surface area contributed by atoms with Crippen LogP contribution in [0.2, 0.25) is 0 Å². The first-order valence-corrected chi connectivity index (χ1v) is 18.7. The van der Waals surface area contributed by atoms with Crippen LogP contribution in [-0.2, 0) is 20.2 Å². The number of carboxylic acid groups (broad SMARTS) is 3. The minimum Gasteiger partial charge on any atom is -0.505 e. The zero-order valence-corrected chi connectivity index (χ0v) is 30.3. The number of aromatic hydroxyl groups is 2. The van der Waals surface area contributed by atoms with Gasteiger partial charge in [-0.2, -0.15) is 27.1 Å². The second kappa shape index (κ2) is 15.4. The molecule has 0 heterocycles. The lowest BCUT2D eigenvalue weighted by atomic mass is 10.1. The Hall–Kier alpha value is -7.73. The number of aromatic carboxylic acids is 3. The molecular weight excluding hydrogens is 807 g/mol. The lowest BCUT2D eigenvalue weighted by Crippen LogP contribution is -2.07. The van der Waals surface area contributed by atoms with Gasteiger partial charge in [-0.3, -0.25) is 14.5 Å². The number of hydrogen-bond acceptors (Lipinski definition) is 15. The number of benzene rings is 6. The van der Waals surface area contributed by atoms with E-state index >= 15 is 0 Å². The van der Waals surface area contributed by atoms with E-state index < -0.39 is 81.9 Å². The second-order valence-electron chi connectivity index (χ2n) is 11.8. The van der Waals surface area contributed by atoms with E-state index in [0.29, 0.717) is 0 Å². The Balaban J connectivity index is 1.28. The third kappa shape index (κ3) is 8.41. The molecular formula is C35H23N7O14S2. The van der Waals surface area contributed by atoms with Gasteiger partial charge in [0.2, 0.25) is 0 Å². The van der Waals surface area contributed by atoms with Crippen molar-refractivity contribution in [3.63, 3.8) is 0 Å². The molecule has 0 saturated heterocycles. The summed E-state index contributed by atoms with van der Waals surface area (Å²) in [5, 5.41) is 72.7. The lowest BCUT2D eigenvalue weighted by Gasteiger charge is -2.10. The van der Waals surface area contributed by atoms with Gasteiger partial charge in [-0.25, -0.2) is 14.4 Å². The molecule has 0 bridgehead atoms. The molecule has 0 aliphatic heterocycles. The highest BCUT2D eigenvalue weighted by molar-refractivity contribution is 7.86. The summed E-state index contributed by atoms with van der Waals surface area (Å²) >= 11 is 0. The molecule has 0 amide bonds. The van der Waals surface area contributed by atoms with Crippen LogP contribution in [0, 0.1) is 0 Å². The van der Waals surface area contributed by atoms with Gasteiger partial charge in [-0.05, 0) is 102 Å². The Bertz CT molecular complexity index is 3040. The number of nitrogens with zero attached hydrogens (tertiary/aromatic N) is 6. The molecule has 0 aliphatic rings. The molecule has 21 nitrogen and oxygen atoms in total. The number of phenolic OH excluding ortho intramolecular Hbond substituents is 2. The van der Waals surface area contributed by atoms with Crippen molar-refractivity contribution in [3.05, 3.63) is 108 Å². The summed E-state index contributed by atoms with van der Waals surface area (Å²) in [7, 11) is -10.0. The Morgan fingerprint density at radius 1 is 0.500 bits per heavy atom. The summed E-state index contributed by atoms with van der Waals surface area (Å²) in [5.41, 5.74) is 0.267. The molecule has 23 heteroatoms. The van der Waals surface area contributed by atoms with Crippen LogP contribution in [0.5, 0.6) is 11.5 Å². The summed E-state index contributed by atoms with van der Waals surface area (Å²) < 4.78 is 69.1. The fourth-order valence-corrected chi connectivity index (χ4v) is 6.71. The van der Waals surface area contributed by atoms with Gasteiger partial charge in [0.05, 0.1) is 39.4 Å². The van der Waals surface area contributed by atoms with Crippen LogP contribution in [0.15, 0.2) is 132 Å². The van der Waals surface area contributed by atoms with Gasteiger partial charge in [0.25, 0.3) is 20.2 Å². The number of nitrogens with one attached hydrogen (secondary N) is 1. The van der Waals surface area contributed by atoms with Crippen LogP contribution in [0.25, 0.3) is 21.5 Å². The Labute approximate surface area is 324 Å². The van der Waals surface area contributed by atoms with Crippen LogP contribution in [0.4, 0.5) is 34.1 Å². The van der Waals surface area contributed by atoms with E-state index in [0.717, 1.165) is 30.3 Å². The largest absolute Gasteiger partial charge is 0.505 e. The molecule has 0 aromatic heterocycles. The van der Waals surface area contributed by atoms with Gasteiger partial charge in [0.15, 0.2) is 11.5 Å². The van der Waals surface area contributed by atoms with Crippen molar-refractivity contribution in [1.82, 2.24) is 0 Å². The van der Waals surface area contributed by atoms with Crippen LogP contribution in [-0.4, -0.2) is 69.4 Å². The van der Waals surface area contributed by atoms with E-state index in [2.05, 4.69) is 36.2 Å². The molecule has 58 heavy (non-hydrogen) atoms. The van der Waals surface area contributed by atoms with Gasteiger partial charge in [-0.1, -0.05) is 5.22 Å². The number of carbonyl (C=O) groups is 3. The van der Waals surface area contributed by atoms with E-state index in [-0.39, 0.29) is 49.9 Å². The number of hydrogen-bond donors (Lipinski definition) is 8. The normalized spacial score (nSPS) is 12.2. The monoisotopic (exact) mass is 829 g/mol. The highest BCUT2D eigenvalue weighted by atomic mass is 32.2. The Morgan fingerprint density at radius 2 is 0.983 bits per heavy atom. The maximum Gasteiger partial charge on any atom is 0.336 e. The number of carboxylic acids is 3. The van der Waals surface area contributed by atoms with Crippen molar-refractivity contribution in [2.75, 3.05) is 5.43 Å². The molecule has 0 radical (unpaired) electrons. The van der Waals surface area contributed by atoms with Gasteiger partial charge >= 0.3 is 17.9 Å². The number of phenols is 2. The maximum absolute atomic E-state index is 12.3. The third-order valence-electron chi connectivity index (χ3n) is 8.10. The van der Waals surface area contributed by atoms with Crippen LogP contribution < -0.4 is 5.43 Å². The highest BCUT2D eigenvalue weighted by Crippen LogP contribution is 2.44. The first kappa shape index (κ1) is 39.9. The predicted octanol–water partition coefficient (Wildman–Crippen LogP) is 7.93. The minimum atomic E-state index is -5.07. The van der Waals surface area contributed by atoms with Gasteiger partial charge in [-0.15, -0.1) is 15.3 Å². The fourth-order valence-electron chi connectivity index (χ4n) is 5.39. The van der Waals surface area contributed by atoms with Crippen molar-refractivity contribution < 1.29 is 65.9 Å². The van der Waals surface area contributed by atoms with Gasteiger partial charge < -0.3 is 25.5 Å². The van der Waals surface area contributed by atoms with E-state index in [1.165, 1.54) is 60.7 Å². The number of fused-ring (bicyclic) bond motifs is 2. The second-order valence-corrected chi connectivity index (χ2v) is 14.6. The van der Waals surface area contributed by atoms with Crippen molar-refractivity contribution >= 4 is 93.8 Å². The molecule has 6 aromatic carbocycles. The summed E-state index contributed by atoms with van der Waals surface area (Å²) in [4.78, 5) is 32.3. The van der Waals surface area contributed by atoms with Crippen LogP contribution in [0.1, 0.15) is 31.1 Å². The minimum absolute atomic E-state index is 0.0136. The number of anilines is 1. The molecule has 0 fully saturated rings. The van der Waals surface area contributed by atoms with Gasteiger partial charge in [0, 0.05) is 10.8 Å². The molecule has 0 unspecified atom stereocenters. The summed E-state index contributed by atoms with van der Waals surface area (Å²) in [5.74, 6) is -5.70. The Morgan fingerprint density at radius 3 is 1.52 bits per heavy atom. The van der Waals surface area contributed by atoms with Crippen LogP contribution in [0.3, 0.4) is 0 Å². The molecule has 294 valence electrons. The summed E-state index contributed by atoms with van der Waals surface area (Å²) in [6.45, 7) is 0. The Kier molecular flexibility index (Phi) is 10.6. The lowest BCUT2D eigenvalue weighted by molar-refractivity contribution is 0.0651. The standard InChI is InChI=1S/C35H23N7O14S2/c43-31-23-8-5-20(11-17(23)13-27(57(51,52)53)29(31)40-36-19-3-1-16(2-4-19)33(45)46)38-42-39-21-6-9-24-18(12-21)14-28(58(54,55)56)30(32(24)44)41-37-22-7-10-25(34(47)48)26(15-22)35(49)50/h1-15,43-44H,(H,38,39)(H,45,46)(H,47,48)(H,49,50)(H,51,52,53)(H,54,55,56)/b40-36+,41-37+. The van der Waals surface area contributed by atoms with Crippen molar-refractivity contribution in [3.8, 4) is 11.5 Å². The fraction of sp³-hybridized carbons (Fsp3) is 0. The first-order chi connectivity index (χ1) is 27.3. The zero-order valence-electron chi connectivity index (χ0n) is 28.6. The smallest absolute Gasteiger partial charge is 0.336 e. The predicted molar refractivity (Wildman–Crippen MR) is 201 cm³/mol. The van der Waals surface area contributed by atoms with E-state index in [4.69, 9.17) is 5.11 Å². The molecule has 8 N–H and O–H groups in total. The maximum atomic E-state index is 12.3. The quantitative estimate of drug-likeness (QED) is 0.0329. The van der Waals surface area contributed by atoms with Crippen LogP contribution >= 0.6 is 0 Å². The molecule has 0 saturated carbocycles. The van der Waals surface area contributed by atoms with Crippen molar-refractivity contribution in [2.24, 2.45) is 30.8 Å².